The third-order valence-electron chi connectivity index (χ3n) is 6.20. The van der Waals surface area contributed by atoms with Crippen LogP contribution in [0.15, 0.2) is 49.3 Å². The minimum absolute atomic E-state index is 0.0601. The number of nitrogens with zero attached hydrogens (tertiary/aromatic N) is 5. The molecular weight excluding hydrogens is 534 g/mol. The Bertz CT molecular complexity index is 1590. The highest BCUT2D eigenvalue weighted by Crippen LogP contribution is 2.30. The van der Waals surface area contributed by atoms with Crippen molar-refractivity contribution in [3.63, 3.8) is 0 Å². The van der Waals surface area contributed by atoms with Gasteiger partial charge in [0.2, 0.25) is 5.58 Å². The summed E-state index contributed by atoms with van der Waals surface area (Å²) in [4.78, 5) is 69.5. The van der Waals surface area contributed by atoms with Gasteiger partial charge < -0.3 is 24.3 Å². The second-order valence-electron chi connectivity index (χ2n) is 8.71. The average Bonchev–Trinajstić information content (AvgIpc) is 2.92. The van der Waals surface area contributed by atoms with Gasteiger partial charge in [0.15, 0.2) is 5.43 Å². The van der Waals surface area contributed by atoms with E-state index in [9.17, 15) is 24.5 Å². The summed E-state index contributed by atoms with van der Waals surface area (Å²) in [6.07, 6.45) is 1.81. The van der Waals surface area contributed by atoms with Gasteiger partial charge in [-0.15, -0.1) is 0 Å². The minimum atomic E-state index is -1.82. The monoisotopic (exact) mass is 561 g/mol. The third kappa shape index (κ3) is 6.71. The van der Waals surface area contributed by atoms with Crippen molar-refractivity contribution in [1.82, 2.24) is 14.0 Å². The lowest BCUT2D eigenvalue weighted by atomic mass is 10.2. The Morgan fingerprint density at radius 2 is 1.68 bits per heavy atom. The molecule has 16 heteroatoms. The highest BCUT2D eigenvalue weighted by atomic mass is 16.6. The lowest BCUT2D eigenvalue weighted by Gasteiger charge is -2.36. The number of ether oxygens (including phenoxy) is 1. The molecule has 0 radical (unpaired) electrons. The first-order chi connectivity index (χ1) is 18.9. The smallest absolute Gasteiger partial charge is 0.414 e. The Morgan fingerprint density at radius 1 is 1.02 bits per heavy atom. The maximum absolute atomic E-state index is 12.3. The number of anilines is 1. The third-order valence-corrected chi connectivity index (χ3v) is 6.20. The summed E-state index contributed by atoms with van der Waals surface area (Å²) < 4.78 is 13.6. The fourth-order valence-corrected chi connectivity index (χ4v) is 4.11. The molecule has 3 heterocycles. The molecule has 2 N–H and O–H groups in total. The number of piperazine rings is 1. The van der Waals surface area contributed by atoms with E-state index < -0.39 is 22.3 Å². The molecular formula is C24H27N5O11. The molecule has 1 aliphatic heterocycles. The van der Waals surface area contributed by atoms with Gasteiger partial charge in [0.05, 0.1) is 17.8 Å². The zero-order valence-electron chi connectivity index (χ0n) is 21.6. The first-order valence-corrected chi connectivity index (χ1v) is 11.9. The van der Waals surface area contributed by atoms with E-state index in [2.05, 4.69) is 4.90 Å². The van der Waals surface area contributed by atoms with Crippen LogP contribution in [0, 0.1) is 10.1 Å². The molecule has 0 saturated carbocycles. The van der Waals surface area contributed by atoms with E-state index in [4.69, 9.17) is 29.0 Å². The number of aliphatic carboxylic acids is 2. The second kappa shape index (κ2) is 12.7. The zero-order valence-corrected chi connectivity index (χ0v) is 21.6. The van der Waals surface area contributed by atoms with E-state index in [-0.39, 0.29) is 33.7 Å². The van der Waals surface area contributed by atoms with E-state index in [1.807, 2.05) is 4.90 Å². The molecule has 1 saturated heterocycles. The van der Waals surface area contributed by atoms with E-state index in [1.165, 1.54) is 35.9 Å². The van der Waals surface area contributed by atoms with Crippen molar-refractivity contribution in [2.75, 3.05) is 44.2 Å². The summed E-state index contributed by atoms with van der Waals surface area (Å²) in [5.41, 5.74) is -1.47. The van der Waals surface area contributed by atoms with Crippen molar-refractivity contribution in [2.24, 2.45) is 14.1 Å². The predicted octanol–water partition coefficient (Wildman–Crippen LogP) is -0.155. The molecule has 3 aromatic rings. The second-order valence-corrected chi connectivity index (χ2v) is 8.71. The van der Waals surface area contributed by atoms with E-state index in [0.717, 1.165) is 30.5 Å². The fourth-order valence-electron chi connectivity index (χ4n) is 4.11. The number of aromatic nitrogens is 2. The summed E-state index contributed by atoms with van der Waals surface area (Å²) in [7, 11) is 3.11. The molecule has 4 rings (SSSR count). The molecule has 0 amide bonds. The highest BCUT2D eigenvalue weighted by Gasteiger charge is 2.21. The van der Waals surface area contributed by atoms with Crippen LogP contribution in [0.2, 0.25) is 0 Å². The highest BCUT2D eigenvalue weighted by molar-refractivity contribution is 6.27. The standard InChI is InChI=1S/C22H25N5O7.C2H2O4/c1-23-18(14-19(29)24(2)22(23)30)26-10-8-25(9-11-26)7-3-12-33-17-5-4-15(27(31)32)21-20(17)16(28)6-13-34-21;3-1(4)2(5)6/h4-6,13-14H,3,7-12H2,1-2H3;(H,3,4)(H,5,6). The molecule has 16 nitrogen and oxygen atoms in total. The van der Waals surface area contributed by atoms with Crippen LogP contribution in [0.5, 0.6) is 5.75 Å². The maximum Gasteiger partial charge on any atom is 0.414 e. The number of nitro groups is 1. The van der Waals surface area contributed by atoms with Crippen molar-refractivity contribution in [2.45, 2.75) is 6.42 Å². The number of carboxylic acids is 2. The van der Waals surface area contributed by atoms with Gasteiger partial charge >= 0.3 is 23.3 Å². The largest absolute Gasteiger partial charge is 0.493 e. The van der Waals surface area contributed by atoms with Gasteiger partial charge in [0.1, 0.15) is 17.0 Å². The number of rotatable bonds is 7. The lowest BCUT2D eigenvalue weighted by molar-refractivity contribution is -0.383. The molecule has 0 aliphatic carbocycles. The Morgan fingerprint density at radius 3 is 2.27 bits per heavy atom. The number of nitro benzene ring substituents is 1. The van der Waals surface area contributed by atoms with E-state index >= 15 is 0 Å². The van der Waals surface area contributed by atoms with Crippen molar-refractivity contribution >= 4 is 34.4 Å². The fraction of sp³-hybridized carbons (Fsp3) is 0.375. The number of carboxylic acid groups (broad SMARTS) is 2. The summed E-state index contributed by atoms with van der Waals surface area (Å²) >= 11 is 0. The summed E-state index contributed by atoms with van der Waals surface area (Å²) in [6, 6.07) is 5.38. The Labute approximate surface area is 225 Å². The maximum atomic E-state index is 12.3. The summed E-state index contributed by atoms with van der Waals surface area (Å²) in [5, 5.41) is 26.1. The topological polar surface area (TPSA) is 208 Å². The molecule has 0 atom stereocenters. The Hall–Kier alpha value is -4.99. The number of non-ortho nitro benzene ring substituents is 1. The van der Waals surface area contributed by atoms with Crippen molar-refractivity contribution in [1.29, 1.82) is 0 Å². The average molecular weight is 562 g/mol. The minimum Gasteiger partial charge on any atom is -0.493 e. The molecule has 1 fully saturated rings. The predicted molar refractivity (Wildman–Crippen MR) is 140 cm³/mol. The number of hydrogen-bond acceptors (Lipinski definition) is 11. The first kappa shape index (κ1) is 29.6. The van der Waals surface area contributed by atoms with Gasteiger partial charge in [0, 0.05) is 65.0 Å². The molecule has 214 valence electrons. The number of benzene rings is 1. The van der Waals surface area contributed by atoms with E-state index in [0.29, 0.717) is 31.9 Å². The molecule has 0 unspecified atom stereocenters. The molecule has 0 spiro atoms. The number of carbonyl (C=O) groups is 2. The first-order valence-electron chi connectivity index (χ1n) is 11.9. The van der Waals surface area contributed by atoms with Gasteiger partial charge in [-0.25, -0.2) is 14.4 Å². The summed E-state index contributed by atoms with van der Waals surface area (Å²) in [6.45, 7) is 3.94. The quantitative estimate of drug-likeness (QED) is 0.167. The van der Waals surface area contributed by atoms with Gasteiger partial charge in [-0.3, -0.25) is 33.7 Å². The molecule has 2 aromatic heterocycles. The lowest BCUT2D eigenvalue weighted by Crippen LogP contribution is -2.49. The SMILES string of the molecule is Cn1c(N2CCN(CCCOc3ccc([N+](=O)[O-])c4occc(=O)c34)CC2)cc(=O)n(C)c1=O.O=C(O)C(=O)O. The molecule has 40 heavy (non-hydrogen) atoms. The van der Waals surface area contributed by atoms with Gasteiger partial charge in [-0.1, -0.05) is 0 Å². The number of hydrogen-bond donors (Lipinski definition) is 2. The van der Waals surface area contributed by atoms with E-state index in [1.54, 1.807) is 7.05 Å². The zero-order chi connectivity index (χ0) is 29.6. The van der Waals surface area contributed by atoms with Gasteiger partial charge in [-0.05, 0) is 12.5 Å². The van der Waals surface area contributed by atoms with Gasteiger partial charge in [0.25, 0.3) is 5.56 Å². The Balaban J connectivity index is 0.000000663. The number of fused-ring (bicyclic) bond motifs is 1. The normalized spacial score (nSPS) is 13.4. The van der Waals surface area contributed by atoms with Crippen LogP contribution in [-0.2, 0) is 23.7 Å². The molecule has 1 aliphatic rings. The van der Waals surface area contributed by atoms with Crippen molar-refractivity contribution in [3.05, 3.63) is 71.7 Å². The van der Waals surface area contributed by atoms with Crippen LogP contribution >= 0.6 is 0 Å². The van der Waals surface area contributed by atoms with Crippen LogP contribution in [0.4, 0.5) is 11.5 Å². The van der Waals surface area contributed by atoms with Gasteiger partial charge in [-0.2, -0.15) is 0 Å². The van der Waals surface area contributed by atoms with Crippen LogP contribution in [0.1, 0.15) is 6.42 Å². The van der Waals surface area contributed by atoms with Crippen LogP contribution in [0.25, 0.3) is 11.0 Å². The summed E-state index contributed by atoms with van der Waals surface area (Å²) in [5.74, 6) is -2.78. The van der Waals surface area contributed by atoms with Crippen molar-refractivity contribution in [3.8, 4) is 5.75 Å². The molecule has 0 bridgehead atoms. The van der Waals surface area contributed by atoms with Crippen LogP contribution in [-0.4, -0.2) is 80.4 Å². The Kier molecular flexibility index (Phi) is 9.39. The van der Waals surface area contributed by atoms with Crippen LogP contribution < -0.4 is 26.3 Å². The van der Waals surface area contributed by atoms with Crippen molar-refractivity contribution < 1.29 is 33.9 Å². The molecule has 1 aromatic carbocycles. The van der Waals surface area contributed by atoms with Crippen LogP contribution in [0.3, 0.4) is 0 Å².